The van der Waals surface area contributed by atoms with Crippen LogP contribution in [0.2, 0.25) is 0 Å². The minimum absolute atomic E-state index is 0.0630. The van der Waals surface area contributed by atoms with Crippen molar-refractivity contribution in [3.05, 3.63) is 64.2 Å². The Morgan fingerprint density at radius 3 is 1.26 bits per heavy atom. The third-order valence-corrected chi connectivity index (χ3v) is 5.32. The van der Waals surface area contributed by atoms with Gasteiger partial charge in [-0.05, 0) is 34.2 Å². The molecule has 0 amide bonds. The highest BCUT2D eigenvalue weighted by molar-refractivity contribution is 5.58. The number of hydrogen-bond donors (Lipinski definition) is 7. The van der Waals surface area contributed by atoms with Crippen molar-refractivity contribution in [3.63, 3.8) is 0 Å². The molecule has 0 bridgehead atoms. The van der Waals surface area contributed by atoms with E-state index in [9.17, 15) is 35.7 Å². The van der Waals surface area contributed by atoms with Gasteiger partial charge in [0.25, 0.3) is 0 Å². The predicted octanol–water partition coefficient (Wildman–Crippen LogP) is 4.10. The molecule has 0 fully saturated rings. The molecule has 164 valence electrons. The summed E-state index contributed by atoms with van der Waals surface area (Å²) in [6.45, 7) is 6.00. The summed E-state index contributed by atoms with van der Waals surface area (Å²) in [7, 11) is 0. The van der Waals surface area contributed by atoms with Crippen LogP contribution in [0.25, 0.3) is 0 Å². The minimum Gasteiger partial charge on any atom is -0.507 e. The van der Waals surface area contributed by atoms with Gasteiger partial charge in [0.15, 0.2) is 23.0 Å². The Morgan fingerprint density at radius 2 is 0.903 bits per heavy atom. The lowest BCUT2D eigenvalue weighted by atomic mass is 9.83. The lowest BCUT2D eigenvalue weighted by molar-refractivity contribution is 0.365. The molecule has 0 saturated heterocycles. The minimum atomic E-state index is -0.631. The molecule has 0 atom stereocenters. The summed E-state index contributed by atoms with van der Waals surface area (Å²) in [5.41, 5.74) is 2.19. The number of benzene rings is 3. The van der Waals surface area contributed by atoms with Gasteiger partial charge in [0.2, 0.25) is 11.5 Å². The van der Waals surface area contributed by atoms with E-state index in [1.165, 1.54) is 24.3 Å². The van der Waals surface area contributed by atoms with Crippen molar-refractivity contribution < 1.29 is 35.7 Å². The largest absolute Gasteiger partial charge is 0.507 e. The molecule has 0 aliphatic rings. The fourth-order valence-corrected chi connectivity index (χ4v) is 3.38. The van der Waals surface area contributed by atoms with Gasteiger partial charge in [0.1, 0.15) is 5.75 Å². The van der Waals surface area contributed by atoms with Gasteiger partial charge in [-0.1, -0.05) is 45.0 Å². The van der Waals surface area contributed by atoms with Crippen molar-refractivity contribution in [3.8, 4) is 40.2 Å². The highest BCUT2D eigenvalue weighted by Gasteiger charge is 2.22. The van der Waals surface area contributed by atoms with E-state index in [1.807, 2.05) is 20.8 Å². The summed E-state index contributed by atoms with van der Waals surface area (Å²) in [5.74, 6) is -3.16. The van der Waals surface area contributed by atoms with Crippen molar-refractivity contribution >= 4 is 0 Å². The van der Waals surface area contributed by atoms with Crippen LogP contribution in [0.4, 0.5) is 0 Å². The van der Waals surface area contributed by atoms with E-state index in [2.05, 4.69) is 0 Å². The molecule has 7 heteroatoms. The SMILES string of the molecule is CC(C)(C)c1cc(Cc2ccc(O)c(O)c2O)c(O)c(Cc2ccc(O)c(O)c2O)c1. The number of aromatic hydroxyl groups is 7. The molecule has 3 aromatic carbocycles. The first-order chi connectivity index (χ1) is 14.4. The maximum Gasteiger partial charge on any atom is 0.200 e. The molecule has 0 heterocycles. The smallest absolute Gasteiger partial charge is 0.200 e. The van der Waals surface area contributed by atoms with Crippen molar-refractivity contribution in [1.82, 2.24) is 0 Å². The number of phenolic OH excluding ortho intramolecular Hbond substituents is 7. The maximum atomic E-state index is 10.9. The van der Waals surface area contributed by atoms with Crippen LogP contribution in [-0.2, 0) is 18.3 Å². The predicted molar refractivity (Wildman–Crippen MR) is 115 cm³/mol. The highest BCUT2D eigenvalue weighted by atomic mass is 16.3. The van der Waals surface area contributed by atoms with Crippen molar-refractivity contribution in [2.45, 2.75) is 39.0 Å². The second-order valence-corrected chi connectivity index (χ2v) is 8.63. The Morgan fingerprint density at radius 1 is 0.516 bits per heavy atom. The summed E-state index contributed by atoms with van der Waals surface area (Å²) < 4.78 is 0. The lowest BCUT2D eigenvalue weighted by Gasteiger charge is -2.23. The van der Waals surface area contributed by atoms with Crippen LogP contribution < -0.4 is 0 Å². The van der Waals surface area contributed by atoms with Crippen LogP contribution in [0.15, 0.2) is 36.4 Å². The Hall–Kier alpha value is -3.74. The quantitative estimate of drug-likeness (QED) is 0.311. The molecule has 0 spiro atoms. The van der Waals surface area contributed by atoms with E-state index in [4.69, 9.17) is 0 Å². The standard InChI is InChI=1S/C24H26O7/c1-24(2,3)16-10-14(8-12-4-6-17(25)22(30)20(12)28)19(27)15(11-16)9-13-5-7-18(26)23(31)21(13)29/h4-7,10-11,25-31H,8-9H2,1-3H3. The molecule has 0 aliphatic heterocycles. The van der Waals surface area contributed by atoms with Crippen molar-refractivity contribution in [2.24, 2.45) is 0 Å². The second kappa shape index (κ2) is 7.83. The van der Waals surface area contributed by atoms with Gasteiger partial charge in [-0.15, -0.1) is 0 Å². The molecule has 0 aliphatic carbocycles. The van der Waals surface area contributed by atoms with Gasteiger partial charge in [-0.2, -0.15) is 0 Å². The molecule has 3 aromatic rings. The molecule has 7 nitrogen and oxygen atoms in total. The van der Waals surface area contributed by atoms with E-state index in [0.29, 0.717) is 22.3 Å². The summed E-state index contributed by atoms with van der Waals surface area (Å²) in [6.07, 6.45) is 0.157. The van der Waals surface area contributed by atoms with Gasteiger partial charge in [0, 0.05) is 24.0 Å². The molecule has 0 unspecified atom stereocenters. The van der Waals surface area contributed by atoms with E-state index < -0.39 is 34.5 Å². The van der Waals surface area contributed by atoms with Crippen LogP contribution in [0, 0.1) is 0 Å². The normalized spacial score (nSPS) is 11.6. The third kappa shape index (κ3) is 4.26. The molecule has 7 N–H and O–H groups in total. The summed E-state index contributed by atoms with van der Waals surface area (Å²) in [5, 5.41) is 70.0. The summed E-state index contributed by atoms with van der Waals surface area (Å²) in [6, 6.07) is 9.03. The molecule has 0 aromatic heterocycles. The number of rotatable bonds is 4. The monoisotopic (exact) mass is 426 g/mol. The first-order valence-corrected chi connectivity index (χ1v) is 9.71. The van der Waals surface area contributed by atoms with Crippen LogP contribution in [0.5, 0.6) is 40.2 Å². The van der Waals surface area contributed by atoms with E-state index in [0.717, 1.165) is 5.56 Å². The molecule has 3 rings (SSSR count). The summed E-state index contributed by atoms with van der Waals surface area (Å²) >= 11 is 0. The Bertz CT molecular complexity index is 1060. The topological polar surface area (TPSA) is 142 Å². The van der Waals surface area contributed by atoms with Gasteiger partial charge < -0.3 is 35.7 Å². The van der Waals surface area contributed by atoms with Gasteiger partial charge in [-0.25, -0.2) is 0 Å². The summed E-state index contributed by atoms with van der Waals surface area (Å²) in [4.78, 5) is 0. The molecule has 31 heavy (non-hydrogen) atoms. The molecular weight excluding hydrogens is 400 g/mol. The zero-order valence-electron chi connectivity index (χ0n) is 17.5. The fraction of sp³-hybridized carbons (Fsp3) is 0.250. The van der Waals surface area contributed by atoms with Gasteiger partial charge >= 0.3 is 0 Å². The fourth-order valence-electron chi connectivity index (χ4n) is 3.38. The second-order valence-electron chi connectivity index (χ2n) is 8.63. The number of hydrogen-bond acceptors (Lipinski definition) is 7. The average molecular weight is 426 g/mol. The van der Waals surface area contributed by atoms with Gasteiger partial charge in [0.05, 0.1) is 0 Å². The van der Waals surface area contributed by atoms with Crippen LogP contribution >= 0.6 is 0 Å². The molecule has 0 radical (unpaired) electrons. The van der Waals surface area contributed by atoms with Gasteiger partial charge in [-0.3, -0.25) is 0 Å². The van der Waals surface area contributed by atoms with Crippen LogP contribution in [0.3, 0.4) is 0 Å². The average Bonchev–Trinajstić information content (AvgIpc) is 2.70. The van der Waals surface area contributed by atoms with E-state index >= 15 is 0 Å². The Balaban J connectivity index is 2.11. The van der Waals surface area contributed by atoms with Crippen molar-refractivity contribution in [2.75, 3.05) is 0 Å². The van der Waals surface area contributed by atoms with Crippen LogP contribution in [-0.4, -0.2) is 35.7 Å². The first-order valence-electron chi connectivity index (χ1n) is 9.71. The van der Waals surface area contributed by atoms with E-state index in [-0.39, 0.29) is 24.0 Å². The Kier molecular flexibility index (Phi) is 5.55. The highest BCUT2D eigenvalue weighted by Crippen LogP contribution is 2.42. The Labute approximate surface area is 179 Å². The zero-order valence-corrected chi connectivity index (χ0v) is 17.5. The van der Waals surface area contributed by atoms with Crippen LogP contribution in [0.1, 0.15) is 48.6 Å². The van der Waals surface area contributed by atoms with E-state index in [1.54, 1.807) is 12.1 Å². The first kappa shape index (κ1) is 22.0. The lowest BCUT2D eigenvalue weighted by Crippen LogP contribution is -2.13. The van der Waals surface area contributed by atoms with Crippen molar-refractivity contribution in [1.29, 1.82) is 0 Å². The number of phenols is 7. The zero-order chi connectivity index (χ0) is 23.1. The third-order valence-electron chi connectivity index (χ3n) is 5.32. The maximum absolute atomic E-state index is 10.9. The molecular formula is C24H26O7. The molecule has 0 saturated carbocycles.